The Balaban J connectivity index is 2.14. The van der Waals surface area contributed by atoms with E-state index in [1.165, 1.54) is 44.6 Å². The highest BCUT2D eigenvalue weighted by Crippen LogP contribution is 2.24. The van der Waals surface area contributed by atoms with Gasteiger partial charge in [0.15, 0.2) is 11.6 Å². The van der Waals surface area contributed by atoms with Gasteiger partial charge in [0.25, 0.3) is 0 Å². The summed E-state index contributed by atoms with van der Waals surface area (Å²) < 4.78 is 26.6. The van der Waals surface area contributed by atoms with Crippen LogP contribution in [0.5, 0.6) is 0 Å². The molecule has 0 heterocycles. The predicted octanol–water partition coefficient (Wildman–Crippen LogP) is 5.10. The largest absolute Gasteiger partial charge is 0.397 e. The van der Waals surface area contributed by atoms with Crippen molar-refractivity contribution in [3.63, 3.8) is 0 Å². The molecule has 0 spiro atoms. The van der Waals surface area contributed by atoms with Crippen LogP contribution < -0.4 is 11.1 Å². The van der Waals surface area contributed by atoms with Crippen molar-refractivity contribution in [1.29, 1.82) is 0 Å². The molecular formula is C16H26F2N2. The van der Waals surface area contributed by atoms with Crippen molar-refractivity contribution in [1.82, 2.24) is 0 Å². The second kappa shape index (κ2) is 9.56. The number of unbranched alkanes of at least 4 members (excludes halogenated alkanes) is 7. The Labute approximate surface area is 120 Å². The molecular weight excluding hydrogens is 258 g/mol. The molecule has 1 aromatic rings. The first kappa shape index (κ1) is 16.7. The average molecular weight is 284 g/mol. The standard InChI is InChI=1S/C16H26F2N2/c1-2-3-4-5-6-7-8-9-12-20-16-14(19)11-10-13(17)15(16)18/h10-11,20H,2-9,12,19H2,1H3. The zero-order valence-electron chi connectivity index (χ0n) is 12.4. The van der Waals surface area contributed by atoms with E-state index in [9.17, 15) is 8.78 Å². The summed E-state index contributed by atoms with van der Waals surface area (Å²) in [6.07, 6.45) is 9.72. The third-order valence-corrected chi connectivity index (χ3v) is 3.46. The van der Waals surface area contributed by atoms with E-state index < -0.39 is 11.6 Å². The number of rotatable bonds is 10. The summed E-state index contributed by atoms with van der Waals surface area (Å²) in [6.45, 7) is 2.84. The maximum Gasteiger partial charge on any atom is 0.183 e. The molecule has 20 heavy (non-hydrogen) atoms. The zero-order valence-corrected chi connectivity index (χ0v) is 12.4. The maximum atomic E-state index is 13.5. The van der Waals surface area contributed by atoms with Gasteiger partial charge in [0.05, 0.1) is 11.4 Å². The summed E-state index contributed by atoms with van der Waals surface area (Å²) in [5.41, 5.74) is 5.97. The molecule has 1 aromatic carbocycles. The minimum absolute atomic E-state index is 0.0907. The summed E-state index contributed by atoms with van der Waals surface area (Å²) in [5.74, 6) is -1.75. The highest BCUT2D eigenvalue weighted by molar-refractivity contribution is 5.66. The molecule has 0 atom stereocenters. The molecule has 0 saturated carbocycles. The monoisotopic (exact) mass is 284 g/mol. The second-order valence-corrected chi connectivity index (χ2v) is 5.23. The topological polar surface area (TPSA) is 38.0 Å². The summed E-state index contributed by atoms with van der Waals surface area (Å²) >= 11 is 0. The minimum atomic E-state index is -0.885. The smallest absolute Gasteiger partial charge is 0.183 e. The highest BCUT2D eigenvalue weighted by atomic mass is 19.2. The normalized spacial score (nSPS) is 10.8. The van der Waals surface area contributed by atoms with Gasteiger partial charge in [-0.25, -0.2) is 8.78 Å². The SMILES string of the molecule is CCCCCCCCCCNc1c(N)ccc(F)c1F. The number of nitrogen functional groups attached to an aromatic ring is 1. The van der Waals surface area contributed by atoms with E-state index in [4.69, 9.17) is 5.73 Å². The Morgan fingerprint density at radius 3 is 2.20 bits per heavy atom. The van der Waals surface area contributed by atoms with Crippen LogP contribution in [0.4, 0.5) is 20.2 Å². The lowest BCUT2D eigenvalue weighted by atomic mass is 10.1. The molecule has 0 bridgehead atoms. The molecule has 0 amide bonds. The van der Waals surface area contributed by atoms with E-state index >= 15 is 0 Å². The fourth-order valence-corrected chi connectivity index (χ4v) is 2.22. The lowest BCUT2D eigenvalue weighted by Gasteiger charge is -2.10. The third-order valence-electron chi connectivity index (χ3n) is 3.46. The molecule has 4 heteroatoms. The first-order valence-corrected chi connectivity index (χ1v) is 7.64. The third kappa shape index (κ3) is 5.76. The minimum Gasteiger partial charge on any atom is -0.397 e. The summed E-state index contributed by atoms with van der Waals surface area (Å²) in [4.78, 5) is 0. The van der Waals surface area contributed by atoms with Crippen molar-refractivity contribution in [3.05, 3.63) is 23.8 Å². The van der Waals surface area contributed by atoms with E-state index in [1.54, 1.807) is 0 Å². The van der Waals surface area contributed by atoms with Gasteiger partial charge in [-0.3, -0.25) is 0 Å². The van der Waals surface area contributed by atoms with Crippen LogP contribution in [0.3, 0.4) is 0 Å². The molecule has 3 N–H and O–H groups in total. The number of hydrogen-bond acceptors (Lipinski definition) is 2. The highest BCUT2D eigenvalue weighted by Gasteiger charge is 2.10. The van der Waals surface area contributed by atoms with Crippen LogP contribution in [0.1, 0.15) is 58.3 Å². The molecule has 2 nitrogen and oxygen atoms in total. The first-order valence-electron chi connectivity index (χ1n) is 7.64. The van der Waals surface area contributed by atoms with Crippen molar-refractivity contribution in [2.45, 2.75) is 58.3 Å². The average Bonchev–Trinajstić information content (AvgIpc) is 2.44. The van der Waals surface area contributed by atoms with Crippen LogP contribution in [0.2, 0.25) is 0 Å². The number of nitrogens with one attached hydrogen (secondary N) is 1. The van der Waals surface area contributed by atoms with Gasteiger partial charge < -0.3 is 11.1 Å². The van der Waals surface area contributed by atoms with Gasteiger partial charge in [-0.15, -0.1) is 0 Å². The van der Waals surface area contributed by atoms with Gasteiger partial charge in [0, 0.05) is 6.54 Å². The van der Waals surface area contributed by atoms with Crippen molar-refractivity contribution < 1.29 is 8.78 Å². The van der Waals surface area contributed by atoms with Gasteiger partial charge in [-0.1, -0.05) is 51.9 Å². The van der Waals surface area contributed by atoms with Crippen LogP contribution in [0, 0.1) is 11.6 Å². The lowest BCUT2D eigenvalue weighted by Crippen LogP contribution is -2.07. The maximum absolute atomic E-state index is 13.5. The Hall–Kier alpha value is -1.32. The van der Waals surface area contributed by atoms with Crippen molar-refractivity contribution in [2.75, 3.05) is 17.6 Å². The van der Waals surface area contributed by atoms with Gasteiger partial charge in [0.2, 0.25) is 0 Å². The number of halogens is 2. The molecule has 0 unspecified atom stereocenters. The van der Waals surface area contributed by atoms with Crippen LogP contribution in [-0.2, 0) is 0 Å². The molecule has 0 fully saturated rings. The van der Waals surface area contributed by atoms with Gasteiger partial charge in [-0.2, -0.15) is 0 Å². The second-order valence-electron chi connectivity index (χ2n) is 5.23. The number of hydrogen-bond donors (Lipinski definition) is 2. The molecule has 0 aliphatic carbocycles. The molecule has 1 rings (SSSR count). The Bertz CT molecular complexity index is 394. The fourth-order valence-electron chi connectivity index (χ4n) is 2.22. The van der Waals surface area contributed by atoms with Crippen LogP contribution >= 0.6 is 0 Å². The number of benzene rings is 1. The van der Waals surface area contributed by atoms with Crippen LogP contribution in [-0.4, -0.2) is 6.54 Å². The zero-order chi connectivity index (χ0) is 14.8. The molecule has 114 valence electrons. The van der Waals surface area contributed by atoms with E-state index in [0.717, 1.165) is 18.9 Å². The number of nitrogens with two attached hydrogens (primary N) is 1. The first-order chi connectivity index (χ1) is 9.66. The predicted molar refractivity (Wildman–Crippen MR) is 81.9 cm³/mol. The van der Waals surface area contributed by atoms with Crippen molar-refractivity contribution in [2.24, 2.45) is 0 Å². The molecule has 0 aliphatic heterocycles. The van der Waals surface area contributed by atoms with Crippen LogP contribution in [0.15, 0.2) is 12.1 Å². The van der Waals surface area contributed by atoms with Gasteiger partial charge in [0.1, 0.15) is 0 Å². The fraction of sp³-hybridized carbons (Fsp3) is 0.625. The Kier molecular flexibility index (Phi) is 8.00. The summed E-state index contributed by atoms with van der Waals surface area (Å²) in [6, 6.07) is 2.43. The molecule has 0 aromatic heterocycles. The van der Waals surface area contributed by atoms with E-state index in [-0.39, 0.29) is 11.4 Å². The Morgan fingerprint density at radius 2 is 1.55 bits per heavy atom. The van der Waals surface area contributed by atoms with Gasteiger partial charge >= 0.3 is 0 Å². The molecule has 0 saturated heterocycles. The van der Waals surface area contributed by atoms with E-state index in [1.807, 2.05) is 0 Å². The van der Waals surface area contributed by atoms with Crippen molar-refractivity contribution >= 4 is 11.4 Å². The van der Waals surface area contributed by atoms with E-state index in [2.05, 4.69) is 12.2 Å². The quantitative estimate of drug-likeness (QED) is 0.463. The number of anilines is 2. The van der Waals surface area contributed by atoms with Crippen molar-refractivity contribution in [3.8, 4) is 0 Å². The summed E-state index contributed by atoms with van der Waals surface area (Å²) in [7, 11) is 0. The molecule has 0 radical (unpaired) electrons. The van der Waals surface area contributed by atoms with Crippen LogP contribution in [0.25, 0.3) is 0 Å². The lowest BCUT2D eigenvalue weighted by molar-refractivity contribution is 0.511. The van der Waals surface area contributed by atoms with Gasteiger partial charge in [-0.05, 0) is 18.6 Å². The Morgan fingerprint density at radius 1 is 0.950 bits per heavy atom. The molecule has 0 aliphatic rings. The summed E-state index contributed by atoms with van der Waals surface area (Å²) in [5, 5.41) is 2.89. The van der Waals surface area contributed by atoms with E-state index in [0.29, 0.717) is 6.54 Å².